The summed E-state index contributed by atoms with van der Waals surface area (Å²) in [6.07, 6.45) is 1.51. The van der Waals surface area contributed by atoms with Crippen molar-refractivity contribution in [2.24, 2.45) is 5.92 Å². The normalized spacial score (nSPS) is 13.8. The van der Waals surface area contributed by atoms with Gasteiger partial charge in [-0.3, -0.25) is 14.5 Å². The second kappa shape index (κ2) is 20.7. The SMILES string of the molecule is CNC(=O)CCC(C=O)C(=N)c1c(OC(=O)N2CCN(CCOc3ccc4c(ccc5onc(C(C=O)CCC(=O)NC)c54)c3)CC2)ccc2cc(Oc3cccc(OC)c3)ccc12. The van der Waals surface area contributed by atoms with E-state index in [1.165, 1.54) is 7.05 Å². The fourth-order valence-corrected chi connectivity index (χ4v) is 7.79. The van der Waals surface area contributed by atoms with Crippen LogP contribution < -0.4 is 29.6 Å². The molecule has 332 valence electrons. The predicted octanol–water partition coefficient (Wildman–Crippen LogP) is 6.65. The average Bonchev–Trinajstić information content (AvgIpc) is 3.76. The summed E-state index contributed by atoms with van der Waals surface area (Å²) in [7, 11) is 4.64. The van der Waals surface area contributed by atoms with E-state index in [1.54, 1.807) is 61.5 Å². The summed E-state index contributed by atoms with van der Waals surface area (Å²) >= 11 is 0. The smallest absolute Gasteiger partial charge is 0.415 e. The van der Waals surface area contributed by atoms with Crippen molar-refractivity contribution < 1.29 is 47.4 Å². The molecular weight excluding hydrogens is 821 g/mol. The van der Waals surface area contributed by atoms with Crippen molar-refractivity contribution in [3.63, 3.8) is 0 Å². The third kappa shape index (κ3) is 10.3. The van der Waals surface area contributed by atoms with Crippen LogP contribution >= 0.6 is 0 Å². The van der Waals surface area contributed by atoms with E-state index in [2.05, 4.69) is 20.7 Å². The Balaban J connectivity index is 0.991. The van der Waals surface area contributed by atoms with Gasteiger partial charge in [-0.1, -0.05) is 23.4 Å². The first-order valence-electron chi connectivity index (χ1n) is 21.1. The first-order chi connectivity index (χ1) is 31.1. The molecule has 16 heteroatoms. The summed E-state index contributed by atoms with van der Waals surface area (Å²) in [5, 5.41) is 22.3. The van der Waals surface area contributed by atoms with Gasteiger partial charge in [-0.2, -0.15) is 0 Å². The molecule has 0 radical (unpaired) electrons. The molecule has 6 aromatic rings. The molecule has 1 aromatic heterocycles. The highest BCUT2D eigenvalue weighted by atomic mass is 16.6. The zero-order chi connectivity index (χ0) is 45.2. The van der Waals surface area contributed by atoms with E-state index in [-0.39, 0.29) is 48.1 Å². The van der Waals surface area contributed by atoms with Gasteiger partial charge in [0.1, 0.15) is 53.6 Å². The Bertz CT molecular complexity index is 2690. The number of carbonyl (C=O) groups is 5. The molecule has 3 N–H and O–H groups in total. The molecule has 3 amide bonds. The maximum Gasteiger partial charge on any atom is 0.415 e. The molecule has 2 atom stereocenters. The van der Waals surface area contributed by atoms with E-state index in [4.69, 9.17) is 23.5 Å². The Morgan fingerprint density at radius 3 is 2.20 bits per heavy atom. The average molecular weight is 871 g/mol. The monoisotopic (exact) mass is 870 g/mol. The van der Waals surface area contributed by atoms with Gasteiger partial charge < -0.3 is 54.0 Å². The molecule has 64 heavy (non-hydrogen) atoms. The van der Waals surface area contributed by atoms with Crippen molar-refractivity contribution in [3.05, 3.63) is 96.2 Å². The van der Waals surface area contributed by atoms with E-state index in [9.17, 15) is 29.4 Å². The molecule has 1 fully saturated rings. The largest absolute Gasteiger partial charge is 0.497 e. The molecule has 0 bridgehead atoms. The topological polar surface area (TPSA) is 203 Å². The lowest BCUT2D eigenvalue weighted by Crippen LogP contribution is -2.50. The number of methoxy groups -OCH3 is 1. The molecule has 2 unspecified atom stereocenters. The van der Waals surface area contributed by atoms with Crippen LogP contribution in [0.5, 0.6) is 28.7 Å². The van der Waals surface area contributed by atoms with Gasteiger partial charge >= 0.3 is 6.09 Å². The Labute approximate surface area is 369 Å². The van der Waals surface area contributed by atoms with Gasteiger partial charge in [-0.15, -0.1) is 0 Å². The minimum absolute atomic E-state index is 0.0410. The summed E-state index contributed by atoms with van der Waals surface area (Å²) < 4.78 is 29.1. The molecule has 5 aromatic carbocycles. The first kappa shape index (κ1) is 44.7. The number of ether oxygens (including phenoxy) is 4. The second-order valence-corrected chi connectivity index (χ2v) is 15.4. The summed E-state index contributed by atoms with van der Waals surface area (Å²) in [4.78, 5) is 65.8. The molecule has 0 aliphatic carbocycles. The van der Waals surface area contributed by atoms with Crippen LogP contribution in [0.3, 0.4) is 0 Å². The molecule has 2 heterocycles. The van der Waals surface area contributed by atoms with E-state index in [1.807, 2.05) is 42.5 Å². The number of nitrogens with one attached hydrogen (secondary N) is 3. The number of amides is 3. The number of aldehydes is 2. The molecule has 1 aliphatic rings. The van der Waals surface area contributed by atoms with Crippen LogP contribution in [0.2, 0.25) is 0 Å². The number of piperazine rings is 1. The molecular formula is C48H50N6O10. The third-order valence-electron chi connectivity index (χ3n) is 11.4. The zero-order valence-corrected chi connectivity index (χ0v) is 35.9. The molecule has 0 saturated carbocycles. The highest BCUT2D eigenvalue weighted by molar-refractivity contribution is 6.17. The molecule has 16 nitrogen and oxygen atoms in total. The highest BCUT2D eigenvalue weighted by Crippen LogP contribution is 2.37. The molecule has 1 saturated heterocycles. The van der Waals surface area contributed by atoms with Crippen LogP contribution in [-0.2, 0) is 19.2 Å². The van der Waals surface area contributed by atoms with E-state index < -0.39 is 17.9 Å². The number of aromatic nitrogens is 1. The molecule has 0 spiro atoms. The van der Waals surface area contributed by atoms with Crippen molar-refractivity contribution in [2.75, 3.05) is 60.5 Å². The van der Waals surface area contributed by atoms with Crippen molar-refractivity contribution >= 4 is 68.7 Å². The number of carbonyl (C=O) groups excluding carboxylic acids is 5. The second-order valence-electron chi connectivity index (χ2n) is 15.4. The lowest BCUT2D eigenvalue weighted by molar-refractivity contribution is -0.121. The highest BCUT2D eigenvalue weighted by Gasteiger charge is 2.28. The van der Waals surface area contributed by atoms with Gasteiger partial charge in [0.05, 0.1) is 30.0 Å². The van der Waals surface area contributed by atoms with Gasteiger partial charge in [0.2, 0.25) is 11.8 Å². The van der Waals surface area contributed by atoms with Crippen LogP contribution in [0, 0.1) is 11.3 Å². The molecule has 7 rings (SSSR count). The number of fused-ring (bicyclic) bond motifs is 4. The van der Waals surface area contributed by atoms with Crippen molar-refractivity contribution in [2.45, 2.75) is 31.6 Å². The van der Waals surface area contributed by atoms with Gasteiger partial charge in [-0.05, 0) is 95.1 Å². The first-order valence-corrected chi connectivity index (χ1v) is 21.1. The van der Waals surface area contributed by atoms with Crippen LogP contribution in [0.4, 0.5) is 4.79 Å². The minimum Gasteiger partial charge on any atom is -0.497 e. The zero-order valence-electron chi connectivity index (χ0n) is 35.9. The van der Waals surface area contributed by atoms with Gasteiger partial charge in [0, 0.05) is 71.3 Å². The quantitative estimate of drug-likeness (QED) is 0.0579. The summed E-state index contributed by atoms with van der Waals surface area (Å²) in [5.74, 6) is 0.600. The summed E-state index contributed by atoms with van der Waals surface area (Å²) in [6.45, 7) is 2.95. The number of benzene rings is 5. The third-order valence-corrected chi connectivity index (χ3v) is 11.4. The summed E-state index contributed by atoms with van der Waals surface area (Å²) in [5.41, 5.74) is 1.27. The fraction of sp³-hybridized carbons (Fsp3) is 0.312. The fourth-order valence-electron chi connectivity index (χ4n) is 7.79. The minimum atomic E-state index is -0.931. The summed E-state index contributed by atoms with van der Waals surface area (Å²) in [6, 6.07) is 25.3. The van der Waals surface area contributed by atoms with E-state index >= 15 is 0 Å². The maximum absolute atomic E-state index is 13.7. The number of rotatable bonds is 19. The Morgan fingerprint density at radius 1 is 0.797 bits per heavy atom. The van der Waals surface area contributed by atoms with E-state index in [0.717, 1.165) is 22.4 Å². The van der Waals surface area contributed by atoms with Crippen LogP contribution in [0.1, 0.15) is 42.9 Å². The van der Waals surface area contributed by atoms with Crippen LogP contribution in [0.15, 0.2) is 89.5 Å². The van der Waals surface area contributed by atoms with Crippen molar-refractivity contribution in [1.29, 1.82) is 5.41 Å². The number of hydrogen-bond donors (Lipinski definition) is 3. The lowest BCUT2D eigenvalue weighted by Gasteiger charge is -2.34. The van der Waals surface area contributed by atoms with Crippen molar-refractivity contribution in [3.8, 4) is 28.7 Å². The van der Waals surface area contributed by atoms with Gasteiger partial charge in [0.25, 0.3) is 0 Å². The van der Waals surface area contributed by atoms with Crippen LogP contribution in [-0.4, -0.2) is 112 Å². The Kier molecular flexibility index (Phi) is 14.5. The molecule has 1 aliphatic heterocycles. The maximum atomic E-state index is 13.7. The van der Waals surface area contributed by atoms with Gasteiger partial charge in [-0.25, -0.2) is 4.79 Å². The number of hydrogen-bond acceptors (Lipinski definition) is 13. The Hall–Kier alpha value is -7.33. The number of nitrogens with zero attached hydrogens (tertiary/aromatic N) is 3. The van der Waals surface area contributed by atoms with Crippen LogP contribution in [0.25, 0.3) is 32.5 Å². The predicted molar refractivity (Wildman–Crippen MR) is 240 cm³/mol. The standard InChI is InChI=1S/C48H50N6O10/c1-50-42(57)17-9-32(28-55)46(49)44-38-14-12-37(62-36-6-4-5-34(27-36)60-3)26-31(38)7-15-40(44)63-48(59)54-21-19-53(20-22-54)23-24-61-35-11-13-39-30(25-35)8-16-41-45(39)47(52-64-41)33(29-56)10-18-43(58)51-2/h4-8,11-16,25-29,32-33,49H,9-10,17-24H2,1-3H3,(H,50,57)(H,51,58). The lowest BCUT2D eigenvalue weighted by atomic mass is 9.89. The van der Waals surface area contributed by atoms with Gasteiger partial charge in [0.15, 0.2) is 5.58 Å². The Morgan fingerprint density at radius 2 is 1.47 bits per heavy atom. The van der Waals surface area contributed by atoms with E-state index in [0.29, 0.717) is 97.1 Å². The van der Waals surface area contributed by atoms with Crippen molar-refractivity contribution in [1.82, 2.24) is 25.6 Å².